The molecule has 2 heterocycles. The molecule has 7 nitrogen and oxygen atoms in total. The molecule has 10 heteroatoms. The van der Waals surface area contributed by atoms with Crippen LogP contribution in [0, 0.1) is 11.6 Å². The van der Waals surface area contributed by atoms with Crippen LogP contribution in [0.15, 0.2) is 54.2 Å². The highest BCUT2D eigenvalue weighted by molar-refractivity contribution is 7.92. The average Bonchev–Trinajstić information content (AvgIpc) is 3.00. The van der Waals surface area contributed by atoms with Crippen molar-refractivity contribution in [3.8, 4) is 5.69 Å². The third-order valence-electron chi connectivity index (χ3n) is 2.79. The van der Waals surface area contributed by atoms with Gasteiger partial charge in [-0.25, -0.2) is 23.4 Å². The first kappa shape index (κ1) is 15.0. The van der Waals surface area contributed by atoms with Gasteiger partial charge in [0.2, 0.25) is 0 Å². The van der Waals surface area contributed by atoms with Gasteiger partial charge in [-0.2, -0.15) is 13.5 Å². The van der Waals surface area contributed by atoms with Gasteiger partial charge in [0.1, 0.15) is 24.3 Å². The van der Waals surface area contributed by atoms with E-state index in [-0.39, 0.29) is 10.7 Å². The lowest BCUT2D eigenvalue weighted by molar-refractivity contribution is 0.584. The average molecular weight is 337 g/mol. The fraction of sp³-hybridized carbons (Fsp3) is 0. The number of hydrogen-bond acceptors (Lipinski definition) is 5. The number of nitrogens with one attached hydrogen (secondary N) is 1. The molecule has 0 bridgehead atoms. The van der Waals surface area contributed by atoms with Crippen molar-refractivity contribution >= 4 is 15.7 Å². The standard InChI is InChI=1S/C13H9F2N5O2S/c14-9-3-10(15)5-11(4-9)19-23(21,22)13-2-1-12(6-17-13)20-8-16-7-18-20/h1-8,19H. The minimum atomic E-state index is -4.07. The van der Waals surface area contributed by atoms with Gasteiger partial charge in [-0.3, -0.25) is 4.72 Å². The summed E-state index contributed by atoms with van der Waals surface area (Å²) in [6.07, 6.45) is 4.04. The highest BCUT2D eigenvalue weighted by Gasteiger charge is 2.17. The number of anilines is 1. The molecule has 0 radical (unpaired) electrons. The van der Waals surface area contributed by atoms with E-state index in [1.54, 1.807) is 0 Å². The van der Waals surface area contributed by atoms with Crippen LogP contribution >= 0.6 is 0 Å². The molecule has 0 saturated carbocycles. The van der Waals surface area contributed by atoms with Gasteiger partial charge in [0.05, 0.1) is 17.6 Å². The van der Waals surface area contributed by atoms with E-state index < -0.39 is 21.7 Å². The molecule has 1 N–H and O–H groups in total. The molecule has 23 heavy (non-hydrogen) atoms. The van der Waals surface area contributed by atoms with E-state index in [9.17, 15) is 17.2 Å². The fourth-order valence-electron chi connectivity index (χ4n) is 1.83. The summed E-state index contributed by atoms with van der Waals surface area (Å²) < 4.78 is 54.0. The number of rotatable bonds is 4. The Morgan fingerprint density at radius 1 is 1.09 bits per heavy atom. The minimum Gasteiger partial charge on any atom is -0.278 e. The van der Waals surface area contributed by atoms with Crippen LogP contribution in [0.3, 0.4) is 0 Å². The van der Waals surface area contributed by atoms with Crippen LogP contribution in [0.4, 0.5) is 14.5 Å². The number of sulfonamides is 1. The van der Waals surface area contributed by atoms with E-state index in [0.29, 0.717) is 11.8 Å². The van der Waals surface area contributed by atoms with Crippen LogP contribution in [0.2, 0.25) is 0 Å². The third-order valence-corrected chi connectivity index (χ3v) is 4.09. The number of hydrogen-bond donors (Lipinski definition) is 1. The highest BCUT2D eigenvalue weighted by atomic mass is 32.2. The zero-order valence-corrected chi connectivity index (χ0v) is 12.2. The second-order valence-corrected chi connectivity index (χ2v) is 6.09. The van der Waals surface area contributed by atoms with Crippen molar-refractivity contribution in [3.63, 3.8) is 0 Å². The Morgan fingerprint density at radius 3 is 2.39 bits per heavy atom. The third kappa shape index (κ3) is 3.31. The second kappa shape index (κ2) is 5.72. The maximum Gasteiger partial charge on any atom is 0.279 e. The molecule has 3 rings (SSSR count). The Labute approximate surface area is 129 Å². The molecule has 0 saturated heterocycles. The predicted octanol–water partition coefficient (Wildman–Crippen LogP) is 1.74. The van der Waals surface area contributed by atoms with Crippen molar-refractivity contribution in [1.29, 1.82) is 0 Å². The molecule has 0 fully saturated rings. The number of nitrogens with zero attached hydrogens (tertiary/aromatic N) is 4. The Bertz CT molecular complexity index is 907. The van der Waals surface area contributed by atoms with Crippen LogP contribution in [-0.2, 0) is 10.0 Å². The molecule has 0 amide bonds. The lowest BCUT2D eigenvalue weighted by Crippen LogP contribution is -2.15. The van der Waals surface area contributed by atoms with E-state index in [1.807, 2.05) is 0 Å². The van der Waals surface area contributed by atoms with Crippen LogP contribution in [-0.4, -0.2) is 28.2 Å². The van der Waals surface area contributed by atoms with Crippen molar-refractivity contribution < 1.29 is 17.2 Å². The van der Waals surface area contributed by atoms with Gasteiger partial charge in [-0.05, 0) is 24.3 Å². The maximum atomic E-state index is 13.1. The van der Waals surface area contributed by atoms with Crippen LogP contribution in [0.1, 0.15) is 0 Å². The van der Waals surface area contributed by atoms with Gasteiger partial charge in [0.15, 0.2) is 5.03 Å². The topological polar surface area (TPSA) is 89.8 Å². The predicted molar refractivity (Wildman–Crippen MR) is 76.3 cm³/mol. The summed E-state index contributed by atoms with van der Waals surface area (Å²) in [6, 6.07) is 5.09. The number of benzene rings is 1. The van der Waals surface area contributed by atoms with Crippen molar-refractivity contribution in [3.05, 3.63) is 60.8 Å². The molecule has 0 aliphatic heterocycles. The van der Waals surface area contributed by atoms with Gasteiger partial charge >= 0.3 is 0 Å². The zero-order valence-electron chi connectivity index (χ0n) is 11.4. The molecule has 2 aromatic heterocycles. The highest BCUT2D eigenvalue weighted by Crippen LogP contribution is 2.18. The quantitative estimate of drug-likeness (QED) is 0.783. The Balaban J connectivity index is 1.87. The number of aromatic nitrogens is 4. The molecule has 3 aromatic rings. The van der Waals surface area contributed by atoms with Gasteiger partial charge < -0.3 is 0 Å². The Kier molecular flexibility index (Phi) is 3.74. The molecule has 118 valence electrons. The summed E-state index contributed by atoms with van der Waals surface area (Å²) in [5.74, 6) is -1.78. The molecule has 0 spiro atoms. The van der Waals surface area contributed by atoms with Crippen molar-refractivity contribution in [2.75, 3.05) is 4.72 Å². The Hall–Kier alpha value is -2.88. The van der Waals surface area contributed by atoms with Gasteiger partial charge in [0, 0.05) is 6.07 Å². The van der Waals surface area contributed by atoms with Crippen molar-refractivity contribution in [1.82, 2.24) is 19.7 Å². The summed E-state index contributed by atoms with van der Waals surface area (Å²) in [4.78, 5) is 7.59. The smallest absolute Gasteiger partial charge is 0.278 e. The van der Waals surface area contributed by atoms with Crippen molar-refractivity contribution in [2.24, 2.45) is 0 Å². The fourth-order valence-corrected chi connectivity index (χ4v) is 2.80. The number of pyridine rings is 1. The molecule has 1 aromatic carbocycles. The lowest BCUT2D eigenvalue weighted by Gasteiger charge is -2.08. The van der Waals surface area contributed by atoms with Gasteiger partial charge in [-0.1, -0.05) is 0 Å². The summed E-state index contributed by atoms with van der Waals surface area (Å²) in [5, 5.41) is 3.58. The molecular weight excluding hydrogens is 328 g/mol. The van der Waals surface area contributed by atoms with Crippen molar-refractivity contribution in [2.45, 2.75) is 5.03 Å². The first-order valence-electron chi connectivity index (χ1n) is 6.24. The van der Waals surface area contributed by atoms with Gasteiger partial charge in [-0.15, -0.1) is 0 Å². The molecular formula is C13H9F2N5O2S. The zero-order chi connectivity index (χ0) is 16.4. The largest absolute Gasteiger partial charge is 0.279 e. The van der Waals surface area contributed by atoms with Gasteiger partial charge in [0.25, 0.3) is 10.0 Å². The first-order valence-corrected chi connectivity index (χ1v) is 7.72. The number of halogens is 2. The maximum absolute atomic E-state index is 13.1. The lowest BCUT2D eigenvalue weighted by atomic mass is 10.3. The first-order chi connectivity index (χ1) is 10.9. The minimum absolute atomic E-state index is 0.232. The molecule has 0 aliphatic rings. The van der Waals surface area contributed by atoms with Crippen LogP contribution in [0.25, 0.3) is 5.69 Å². The van der Waals surface area contributed by atoms with E-state index in [2.05, 4.69) is 19.8 Å². The SMILES string of the molecule is O=S(=O)(Nc1cc(F)cc(F)c1)c1ccc(-n2cncn2)cn1. The summed E-state index contributed by atoms with van der Waals surface area (Å²) >= 11 is 0. The summed E-state index contributed by atoms with van der Waals surface area (Å²) in [5.41, 5.74) is 0.280. The summed E-state index contributed by atoms with van der Waals surface area (Å²) in [6.45, 7) is 0. The second-order valence-electron chi connectivity index (χ2n) is 4.46. The summed E-state index contributed by atoms with van der Waals surface area (Å²) in [7, 11) is -4.07. The van der Waals surface area contributed by atoms with E-state index >= 15 is 0 Å². The Morgan fingerprint density at radius 2 is 1.83 bits per heavy atom. The van der Waals surface area contributed by atoms with E-state index in [4.69, 9.17) is 0 Å². The normalized spacial score (nSPS) is 11.4. The van der Waals surface area contributed by atoms with Crippen LogP contribution < -0.4 is 4.72 Å². The van der Waals surface area contributed by atoms with E-state index in [1.165, 1.54) is 35.7 Å². The van der Waals surface area contributed by atoms with E-state index in [0.717, 1.165) is 12.1 Å². The van der Waals surface area contributed by atoms with Crippen LogP contribution in [0.5, 0.6) is 0 Å². The molecule has 0 unspecified atom stereocenters. The molecule has 0 aliphatic carbocycles. The monoisotopic (exact) mass is 337 g/mol. The molecule has 0 atom stereocenters.